The Bertz CT molecular complexity index is 101. The smallest absolute Gasteiger partial charge is 0.00951 e. The molecule has 1 heteroatoms. The average Bonchev–Trinajstić information content (AvgIpc) is 2.46. The molecule has 0 aromatic carbocycles. The van der Waals surface area contributed by atoms with Crippen LogP contribution in [0.4, 0.5) is 0 Å². The van der Waals surface area contributed by atoms with Crippen LogP contribution in [-0.4, -0.2) is 13.1 Å². The van der Waals surface area contributed by atoms with Crippen LogP contribution in [-0.2, 0) is 0 Å². The van der Waals surface area contributed by atoms with E-state index in [1.54, 1.807) is 0 Å². The van der Waals surface area contributed by atoms with Crippen LogP contribution in [0.1, 0.15) is 19.3 Å². The van der Waals surface area contributed by atoms with Crippen LogP contribution in [0, 0.1) is 11.8 Å². The van der Waals surface area contributed by atoms with Crippen LogP contribution in [0.15, 0.2) is 0 Å². The molecule has 0 aromatic heterocycles. The van der Waals surface area contributed by atoms with Gasteiger partial charge in [0.15, 0.2) is 0 Å². The van der Waals surface area contributed by atoms with Crippen molar-refractivity contribution < 1.29 is 0 Å². The van der Waals surface area contributed by atoms with Crippen molar-refractivity contribution in [3.05, 3.63) is 0 Å². The molecule has 3 atom stereocenters. The van der Waals surface area contributed by atoms with Gasteiger partial charge in [0.05, 0.1) is 0 Å². The Hall–Kier alpha value is -0.0400. The lowest BCUT2D eigenvalue weighted by atomic mass is 10.2. The van der Waals surface area contributed by atoms with Gasteiger partial charge in [0.25, 0.3) is 0 Å². The minimum absolute atomic E-state index is 0.889. The van der Waals surface area contributed by atoms with Crippen molar-refractivity contribution in [1.82, 2.24) is 5.32 Å². The summed E-state index contributed by atoms with van der Waals surface area (Å²) in [7, 11) is 2.09. The summed E-state index contributed by atoms with van der Waals surface area (Å²) in [4.78, 5) is 0. The van der Waals surface area contributed by atoms with E-state index in [0.29, 0.717) is 0 Å². The van der Waals surface area contributed by atoms with Crippen molar-refractivity contribution >= 4 is 0 Å². The first-order valence-corrected chi connectivity index (χ1v) is 3.59. The van der Waals surface area contributed by atoms with E-state index in [1.807, 2.05) is 0 Å². The van der Waals surface area contributed by atoms with E-state index < -0.39 is 0 Å². The highest BCUT2D eigenvalue weighted by molar-refractivity contribution is 5.00. The third-order valence-corrected chi connectivity index (χ3v) is 2.71. The number of nitrogens with one attached hydrogen (secondary N) is 1. The minimum Gasteiger partial charge on any atom is -0.317 e. The molecule has 1 nitrogen and oxygen atoms in total. The fraction of sp³-hybridized carbons (Fsp3) is 1.00. The molecule has 2 fully saturated rings. The molecule has 0 radical (unpaired) electrons. The van der Waals surface area contributed by atoms with E-state index in [4.69, 9.17) is 0 Å². The van der Waals surface area contributed by atoms with Crippen molar-refractivity contribution in [3.8, 4) is 0 Å². The summed E-state index contributed by atoms with van der Waals surface area (Å²) in [6, 6.07) is 0.889. The lowest BCUT2D eigenvalue weighted by Crippen LogP contribution is -2.24. The number of rotatable bonds is 1. The zero-order chi connectivity index (χ0) is 5.56. The van der Waals surface area contributed by atoms with Crippen molar-refractivity contribution in [3.63, 3.8) is 0 Å². The summed E-state index contributed by atoms with van der Waals surface area (Å²) < 4.78 is 0. The largest absolute Gasteiger partial charge is 0.317 e. The van der Waals surface area contributed by atoms with E-state index in [2.05, 4.69) is 12.4 Å². The van der Waals surface area contributed by atoms with E-state index in [1.165, 1.54) is 19.3 Å². The molecular formula is C7H13N. The first kappa shape index (κ1) is 4.80. The van der Waals surface area contributed by atoms with Gasteiger partial charge in [0, 0.05) is 6.04 Å². The Balaban J connectivity index is 1.97. The molecule has 46 valence electrons. The molecule has 0 spiro atoms. The zero-order valence-electron chi connectivity index (χ0n) is 5.35. The van der Waals surface area contributed by atoms with Crippen LogP contribution < -0.4 is 5.32 Å². The van der Waals surface area contributed by atoms with Crippen LogP contribution in [0.2, 0.25) is 0 Å². The number of fused-ring (bicyclic) bond motifs is 1. The second kappa shape index (κ2) is 1.47. The third kappa shape index (κ3) is 0.510. The Kier molecular flexibility index (Phi) is 0.884. The SMILES string of the molecule is CNC1CCC2CC21. The van der Waals surface area contributed by atoms with Crippen molar-refractivity contribution in [2.45, 2.75) is 25.3 Å². The monoisotopic (exact) mass is 111 g/mol. The van der Waals surface area contributed by atoms with E-state index in [-0.39, 0.29) is 0 Å². The molecule has 3 unspecified atom stereocenters. The van der Waals surface area contributed by atoms with Crippen LogP contribution >= 0.6 is 0 Å². The van der Waals surface area contributed by atoms with Crippen LogP contribution in [0.5, 0.6) is 0 Å². The van der Waals surface area contributed by atoms with Gasteiger partial charge in [-0.2, -0.15) is 0 Å². The molecule has 8 heavy (non-hydrogen) atoms. The molecule has 1 N–H and O–H groups in total. The van der Waals surface area contributed by atoms with Crippen LogP contribution in [0.25, 0.3) is 0 Å². The quantitative estimate of drug-likeness (QED) is 0.532. The Labute approximate surface area is 50.5 Å². The van der Waals surface area contributed by atoms with Crippen LogP contribution in [0.3, 0.4) is 0 Å². The lowest BCUT2D eigenvalue weighted by Gasteiger charge is -2.07. The summed E-state index contributed by atoms with van der Waals surface area (Å²) in [5, 5.41) is 3.36. The zero-order valence-corrected chi connectivity index (χ0v) is 5.35. The molecular weight excluding hydrogens is 98.1 g/mol. The highest BCUT2D eigenvalue weighted by Gasteiger charge is 2.47. The Morgan fingerprint density at radius 2 is 2.25 bits per heavy atom. The maximum Gasteiger partial charge on any atom is 0.00951 e. The van der Waals surface area contributed by atoms with Gasteiger partial charge >= 0.3 is 0 Å². The van der Waals surface area contributed by atoms with Crippen molar-refractivity contribution in [2.75, 3.05) is 7.05 Å². The standard InChI is InChI=1S/C7H13N/c1-8-7-3-2-5-4-6(5)7/h5-8H,2-4H2,1H3. The molecule has 0 aromatic rings. The minimum atomic E-state index is 0.889. The van der Waals surface area contributed by atoms with Gasteiger partial charge < -0.3 is 5.32 Å². The van der Waals surface area contributed by atoms with E-state index in [0.717, 1.165) is 17.9 Å². The first-order valence-electron chi connectivity index (χ1n) is 3.59. The van der Waals surface area contributed by atoms with Gasteiger partial charge in [-0.15, -0.1) is 0 Å². The number of hydrogen-bond acceptors (Lipinski definition) is 1. The number of hydrogen-bond donors (Lipinski definition) is 1. The van der Waals surface area contributed by atoms with Gasteiger partial charge in [0.1, 0.15) is 0 Å². The topological polar surface area (TPSA) is 12.0 Å². The molecule has 0 heterocycles. The lowest BCUT2D eigenvalue weighted by molar-refractivity contribution is 0.519. The summed E-state index contributed by atoms with van der Waals surface area (Å²) >= 11 is 0. The summed E-state index contributed by atoms with van der Waals surface area (Å²) in [6.07, 6.45) is 4.45. The molecule has 0 bridgehead atoms. The third-order valence-electron chi connectivity index (χ3n) is 2.71. The molecule has 2 aliphatic carbocycles. The van der Waals surface area contributed by atoms with Crippen molar-refractivity contribution in [1.29, 1.82) is 0 Å². The molecule has 0 saturated heterocycles. The van der Waals surface area contributed by atoms with E-state index in [9.17, 15) is 0 Å². The van der Waals surface area contributed by atoms with Crippen molar-refractivity contribution in [2.24, 2.45) is 11.8 Å². The second-order valence-corrected chi connectivity index (χ2v) is 3.13. The maximum atomic E-state index is 3.36. The summed E-state index contributed by atoms with van der Waals surface area (Å²) in [5.74, 6) is 2.22. The first-order chi connectivity index (χ1) is 3.92. The summed E-state index contributed by atoms with van der Waals surface area (Å²) in [5.41, 5.74) is 0. The van der Waals surface area contributed by atoms with Gasteiger partial charge in [-0.05, 0) is 38.1 Å². The molecule has 2 rings (SSSR count). The fourth-order valence-corrected chi connectivity index (χ4v) is 2.06. The van der Waals surface area contributed by atoms with Gasteiger partial charge in [0.2, 0.25) is 0 Å². The van der Waals surface area contributed by atoms with Gasteiger partial charge in [-0.3, -0.25) is 0 Å². The molecule has 0 amide bonds. The Morgan fingerprint density at radius 3 is 2.50 bits per heavy atom. The Morgan fingerprint density at radius 1 is 1.38 bits per heavy atom. The average molecular weight is 111 g/mol. The summed E-state index contributed by atoms with van der Waals surface area (Å²) in [6.45, 7) is 0. The molecule has 2 saturated carbocycles. The van der Waals surface area contributed by atoms with Gasteiger partial charge in [-0.25, -0.2) is 0 Å². The predicted molar refractivity (Wildman–Crippen MR) is 33.7 cm³/mol. The predicted octanol–water partition coefficient (Wildman–Crippen LogP) is 1.00. The fourth-order valence-electron chi connectivity index (χ4n) is 2.06. The highest BCUT2D eigenvalue weighted by atomic mass is 14.9. The molecule has 2 aliphatic rings. The second-order valence-electron chi connectivity index (χ2n) is 3.13. The van der Waals surface area contributed by atoms with E-state index >= 15 is 0 Å². The normalized spacial score (nSPS) is 51.4. The molecule has 0 aliphatic heterocycles. The maximum absolute atomic E-state index is 3.36. The highest BCUT2D eigenvalue weighted by Crippen LogP contribution is 2.51. The van der Waals surface area contributed by atoms with Gasteiger partial charge in [-0.1, -0.05) is 0 Å².